The minimum Gasteiger partial charge on any atom is -0.508 e. The van der Waals surface area contributed by atoms with Gasteiger partial charge in [-0.1, -0.05) is 66.7 Å². The third-order valence-corrected chi connectivity index (χ3v) is 5.83. The second kappa shape index (κ2) is 8.37. The zero-order valence-electron chi connectivity index (χ0n) is 15.3. The Morgan fingerprint density at radius 2 is 1.57 bits per heavy atom. The zero-order valence-corrected chi connectivity index (χ0v) is 16.1. The van der Waals surface area contributed by atoms with Crippen molar-refractivity contribution in [3.63, 3.8) is 0 Å². The molecule has 28 heavy (non-hydrogen) atoms. The van der Waals surface area contributed by atoms with Crippen LogP contribution in [0.2, 0.25) is 0 Å². The fraction of sp³-hybridized carbons (Fsp3) is 0.136. The third kappa shape index (κ3) is 4.47. The molecule has 0 spiro atoms. The first-order valence-corrected chi connectivity index (χ1v) is 10.1. The molecule has 0 radical (unpaired) electrons. The van der Waals surface area contributed by atoms with Gasteiger partial charge < -0.3 is 5.11 Å². The topological polar surface area (TPSA) is 80.7 Å². The van der Waals surface area contributed by atoms with Gasteiger partial charge in [0.1, 0.15) is 10.6 Å². The van der Waals surface area contributed by atoms with Crippen LogP contribution in [0.15, 0.2) is 83.8 Å². The number of Topliss-reactive ketones (excluding diaryl/α,β-unsaturated/α-hetero) is 1. The summed E-state index contributed by atoms with van der Waals surface area (Å²) in [5.41, 5.74) is 1.59. The lowest BCUT2D eigenvalue weighted by Gasteiger charge is -2.17. The van der Waals surface area contributed by atoms with E-state index in [1.54, 1.807) is 61.5 Å². The third-order valence-electron chi connectivity index (χ3n) is 4.41. The number of aryl methyl sites for hydroxylation is 1. The van der Waals surface area contributed by atoms with E-state index >= 15 is 0 Å². The highest BCUT2D eigenvalue weighted by Crippen LogP contribution is 2.26. The average molecular weight is 396 g/mol. The van der Waals surface area contributed by atoms with Crippen LogP contribution in [0.1, 0.15) is 27.4 Å². The van der Waals surface area contributed by atoms with Crippen molar-refractivity contribution in [2.75, 3.05) is 6.61 Å². The second-order valence-corrected chi connectivity index (χ2v) is 7.97. The first-order chi connectivity index (χ1) is 13.4. The number of hydrogen-bond acceptors (Lipinski definition) is 5. The summed E-state index contributed by atoms with van der Waals surface area (Å²) >= 11 is 0. The number of rotatable bonds is 7. The van der Waals surface area contributed by atoms with Crippen LogP contribution >= 0.6 is 0 Å². The maximum atomic E-state index is 13.0. The lowest BCUT2D eigenvalue weighted by atomic mass is 9.91. The van der Waals surface area contributed by atoms with Gasteiger partial charge in [-0.05, 0) is 24.1 Å². The van der Waals surface area contributed by atoms with Gasteiger partial charge in [-0.25, -0.2) is 0 Å². The molecule has 1 unspecified atom stereocenters. The van der Waals surface area contributed by atoms with Gasteiger partial charge in [0, 0.05) is 11.6 Å². The van der Waals surface area contributed by atoms with Gasteiger partial charge in [0.25, 0.3) is 10.1 Å². The molecule has 0 aliphatic rings. The number of hydrogen-bond donors (Lipinski definition) is 1. The van der Waals surface area contributed by atoms with E-state index in [4.69, 9.17) is 4.18 Å². The van der Waals surface area contributed by atoms with Crippen molar-refractivity contribution in [3.05, 3.63) is 95.6 Å². The highest BCUT2D eigenvalue weighted by atomic mass is 32.2. The summed E-state index contributed by atoms with van der Waals surface area (Å²) in [5.74, 6) is -1.18. The molecule has 0 heterocycles. The first-order valence-electron chi connectivity index (χ1n) is 8.72. The molecular formula is C22H20O5S. The van der Waals surface area contributed by atoms with Crippen molar-refractivity contribution >= 4 is 15.9 Å². The first kappa shape index (κ1) is 19.8. The molecule has 1 N–H and O–H groups in total. The smallest absolute Gasteiger partial charge is 0.297 e. The largest absolute Gasteiger partial charge is 0.508 e. The quantitative estimate of drug-likeness (QED) is 0.481. The van der Waals surface area contributed by atoms with Crippen LogP contribution in [0, 0.1) is 6.92 Å². The van der Waals surface area contributed by atoms with Crippen LogP contribution in [-0.4, -0.2) is 25.9 Å². The number of phenolic OH excluding ortho intramolecular Hbond substituents is 1. The van der Waals surface area contributed by atoms with E-state index in [1.165, 1.54) is 12.1 Å². The molecular weight excluding hydrogens is 376 g/mol. The molecule has 0 saturated carbocycles. The number of phenols is 1. The van der Waals surface area contributed by atoms with E-state index in [0.717, 1.165) is 6.07 Å². The van der Waals surface area contributed by atoms with Crippen molar-refractivity contribution < 1.29 is 22.5 Å². The summed E-state index contributed by atoms with van der Waals surface area (Å²) in [6.07, 6.45) is 0. The maximum Gasteiger partial charge on any atom is 0.297 e. The van der Waals surface area contributed by atoms with E-state index < -0.39 is 16.0 Å². The number of aromatic hydroxyl groups is 1. The molecule has 0 amide bonds. The fourth-order valence-corrected chi connectivity index (χ4v) is 4.06. The summed E-state index contributed by atoms with van der Waals surface area (Å²) < 4.78 is 30.6. The van der Waals surface area contributed by atoms with Gasteiger partial charge in [-0.15, -0.1) is 0 Å². The molecule has 6 heteroatoms. The fourth-order valence-electron chi connectivity index (χ4n) is 2.89. The number of ketones is 1. The van der Waals surface area contributed by atoms with Crippen molar-refractivity contribution in [2.24, 2.45) is 0 Å². The molecule has 1 atom stereocenters. The predicted octanol–water partition coefficient (Wildman–Crippen LogP) is 4.07. The number of benzene rings is 3. The van der Waals surface area contributed by atoms with Crippen LogP contribution in [0.4, 0.5) is 0 Å². The summed E-state index contributed by atoms with van der Waals surface area (Å²) in [6.45, 7) is 1.27. The molecule has 0 aliphatic heterocycles. The number of carbonyl (C=O) groups is 1. The SMILES string of the molecule is Cc1ccc(O)cc1S(=O)(=O)OCC(C(=O)c1ccccc1)c1ccccc1. The summed E-state index contributed by atoms with van der Waals surface area (Å²) in [7, 11) is -4.14. The molecule has 3 aromatic carbocycles. The van der Waals surface area contributed by atoms with Gasteiger partial charge in [0.05, 0.1) is 12.5 Å². The average Bonchev–Trinajstić information content (AvgIpc) is 2.71. The minimum atomic E-state index is -4.14. The maximum absolute atomic E-state index is 13.0. The Labute approximate surface area is 164 Å². The lowest BCUT2D eigenvalue weighted by Crippen LogP contribution is -2.21. The van der Waals surface area contributed by atoms with Gasteiger partial charge in [0.15, 0.2) is 5.78 Å². The van der Waals surface area contributed by atoms with Crippen molar-refractivity contribution in [3.8, 4) is 5.75 Å². The van der Waals surface area contributed by atoms with E-state index in [9.17, 15) is 18.3 Å². The van der Waals surface area contributed by atoms with E-state index in [0.29, 0.717) is 16.7 Å². The second-order valence-electron chi connectivity index (χ2n) is 6.38. The van der Waals surface area contributed by atoms with Crippen molar-refractivity contribution in [1.29, 1.82) is 0 Å². The van der Waals surface area contributed by atoms with Crippen LogP contribution in [-0.2, 0) is 14.3 Å². The van der Waals surface area contributed by atoms with Gasteiger partial charge in [-0.3, -0.25) is 8.98 Å². The molecule has 5 nitrogen and oxygen atoms in total. The van der Waals surface area contributed by atoms with E-state index in [-0.39, 0.29) is 23.0 Å². The Morgan fingerprint density at radius 3 is 2.21 bits per heavy atom. The van der Waals surface area contributed by atoms with Crippen LogP contribution in [0.3, 0.4) is 0 Å². The van der Waals surface area contributed by atoms with Crippen molar-refractivity contribution in [2.45, 2.75) is 17.7 Å². The standard InChI is InChI=1S/C22H20O5S/c1-16-12-13-19(23)14-21(16)28(25,26)27-15-20(17-8-4-2-5-9-17)22(24)18-10-6-3-7-11-18/h2-14,20,23H,15H2,1H3. The molecule has 0 fully saturated rings. The van der Waals surface area contributed by atoms with E-state index in [2.05, 4.69) is 0 Å². The Bertz CT molecular complexity index is 1060. The molecule has 144 valence electrons. The molecule has 0 bridgehead atoms. The molecule has 3 rings (SSSR count). The van der Waals surface area contributed by atoms with Gasteiger partial charge in [0.2, 0.25) is 0 Å². The highest BCUT2D eigenvalue weighted by molar-refractivity contribution is 7.86. The summed E-state index contributed by atoms with van der Waals surface area (Å²) in [6, 6.07) is 21.6. The normalized spacial score (nSPS) is 12.5. The highest BCUT2D eigenvalue weighted by Gasteiger charge is 2.27. The molecule has 0 saturated heterocycles. The number of carbonyl (C=O) groups excluding carboxylic acids is 1. The van der Waals surface area contributed by atoms with Crippen molar-refractivity contribution in [1.82, 2.24) is 0 Å². The van der Waals surface area contributed by atoms with E-state index in [1.807, 2.05) is 6.07 Å². The van der Waals surface area contributed by atoms with Crippen LogP contribution in [0.5, 0.6) is 5.75 Å². The van der Waals surface area contributed by atoms with Crippen LogP contribution in [0.25, 0.3) is 0 Å². The lowest BCUT2D eigenvalue weighted by molar-refractivity contribution is 0.0933. The zero-order chi connectivity index (χ0) is 20.1. The predicted molar refractivity (Wildman–Crippen MR) is 106 cm³/mol. The summed E-state index contributed by atoms with van der Waals surface area (Å²) in [5, 5.41) is 9.62. The molecule has 0 aliphatic carbocycles. The Hall–Kier alpha value is -2.96. The summed E-state index contributed by atoms with van der Waals surface area (Å²) in [4.78, 5) is 12.9. The van der Waals surface area contributed by atoms with Gasteiger partial charge >= 0.3 is 0 Å². The Balaban J connectivity index is 1.90. The Kier molecular flexibility index (Phi) is 5.92. The monoisotopic (exact) mass is 396 g/mol. The van der Waals surface area contributed by atoms with Crippen LogP contribution < -0.4 is 0 Å². The molecule has 0 aromatic heterocycles. The minimum absolute atomic E-state index is 0.119. The van der Waals surface area contributed by atoms with Gasteiger partial charge in [-0.2, -0.15) is 8.42 Å². The molecule has 3 aromatic rings. The Morgan fingerprint density at radius 1 is 0.964 bits per heavy atom.